The van der Waals surface area contributed by atoms with Crippen LogP contribution in [0.1, 0.15) is 57.4 Å². The summed E-state index contributed by atoms with van der Waals surface area (Å²) in [6.07, 6.45) is 0. The molecule has 0 aliphatic heterocycles. The first kappa shape index (κ1) is 32.0. The molecule has 1 fully saturated rings. The van der Waals surface area contributed by atoms with Gasteiger partial charge in [0, 0.05) is 0 Å². The molecule has 5 aromatic rings. The first-order chi connectivity index (χ1) is 20.4. The fourth-order valence-electron chi connectivity index (χ4n) is 6.57. The summed E-state index contributed by atoms with van der Waals surface area (Å²) in [5, 5.41) is 0. The molecular weight excluding hydrogens is 613 g/mol. The van der Waals surface area contributed by atoms with E-state index in [0.29, 0.717) is 29.6 Å². The van der Waals surface area contributed by atoms with Gasteiger partial charge in [0.05, 0.1) is 0 Å². The van der Waals surface area contributed by atoms with E-state index in [1.807, 2.05) is 17.3 Å². The van der Waals surface area contributed by atoms with E-state index in [2.05, 4.69) is 175 Å². The first-order valence-corrected chi connectivity index (χ1v) is 15.5. The molecule has 1 saturated carbocycles. The Balaban J connectivity index is 0.000000725. The zero-order valence-corrected chi connectivity index (χ0v) is 25.0. The van der Waals surface area contributed by atoms with Crippen LogP contribution in [0.25, 0.3) is 0 Å². The second-order valence-electron chi connectivity index (χ2n) is 9.68. The Labute approximate surface area is 257 Å². The third kappa shape index (κ3) is 7.42. The summed E-state index contributed by atoms with van der Waals surface area (Å²) in [4.78, 5) is 0. The second kappa shape index (κ2) is 17.3. The predicted octanol–water partition coefficient (Wildman–Crippen LogP) is 9.62. The van der Waals surface area contributed by atoms with Crippen molar-refractivity contribution < 1.29 is 26.6 Å². The average Bonchev–Trinajstić information content (AvgIpc) is 3.46. The molecule has 0 bridgehead atoms. The molecule has 0 unspecified atom stereocenters. The van der Waals surface area contributed by atoms with Crippen LogP contribution >= 0.6 is 9.69 Å². The van der Waals surface area contributed by atoms with E-state index in [9.17, 15) is 0 Å². The van der Waals surface area contributed by atoms with Gasteiger partial charge in [-0.05, 0) is 57.4 Å². The van der Waals surface area contributed by atoms with Crippen LogP contribution in [0.15, 0.2) is 152 Å². The van der Waals surface area contributed by atoms with E-state index in [4.69, 9.17) is 9.30 Å². The Kier molecular flexibility index (Phi) is 13.5. The van der Waals surface area contributed by atoms with Crippen LogP contribution in [0, 0.1) is 13.3 Å². The number of hydrogen-bond donors (Lipinski definition) is 0. The molecule has 0 amide bonds. The van der Waals surface area contributed by atoms with Crippen molar-refractivity contribution >= 4 is 9.69 Å². The topological polar surface area (TPSA) is 39.8 Å². The maximum Gasteiger partial charge on any atom is -0.00120 e. The van der Waals surface area contributed by atoms with Crippen molar-refractivity contribution in [2.45, 2.75) is 29.6 Å². The first-order valence-electron chi connectivity index (χ1n) is 13.3. The number of halogens is 1. The summed E-state index contributed by atoms with van der Waals surface area (Å²) in [5.74, 6) is 1.79. The SMILES string of the molecule is C#[O+].C#[O+].[Cl][Ru].c1ccc(C2C(c3ccccc3)C(c3ccccc3)C(c3ccccc3)C2c2ccccc2)cc1. The van der Waals surface area contributed by atoms with Crippen molar-refractivity contribution in [3.05, 3.63) is 179 Å². The van der Waals surface area contributed by atoms with Gasteiger partial charge >= 0.3 is 49.6 Å². The normalized spacial score (nSPS) is 20.5. The molecule has 4 heteroatoms. The standard InChI is InChI=1S/C35H30.2CHO.ClH.Ru/c1-6-16-26(17-7-1)31-32(27-18-8-2-9-19-27)34(29-22-12-4-13-23-29)35(30-24-14-5-15-25-30)33(31)28-20-10-3-11-21-28;2*1-2;;/h1-25,31-35H;2*1H;1H;/q;2*+1;;+1/p-1. The van der Waals surface area contributed by atoms with Crippen molar-refractivity contribution in [1.82, 2.24) is 0 Å². The predicted molar refractivity (Wildman–Crippen MR) is 163 cm³/mol. The summed E-state index contributed by atoms with van der Waals surface area (Å²) in [5.41, 5.74) is 7.13. The van der Waals surface area contributed by atoms with Gasteiger partial charge in [0.15, 0.2) is 0 Å². The monoisotopic (exact) mass is 645 g/mol. The van der Waals surface area contributed by atoms with Crippen molar-refractivity contribution in [2.24, 2.45) is 0 Å². The Bertz CT molecular complexity index is 1170. The largest absolute Gasteiger partial charge is 0.0622 e. The minimum absolute atomic E-state index is 0.358. The summed E-state index contributed by atoms with van der Waals surface area (Å²) in [7, 11) is 4.57. The molecule has 6 rings (SSSR count). The molecule has 1 aliphatic rings. The molecule has 205 valence electrons. The Morgan fingerprint density at radius 3 is 0.561 bits per heavy atom. The van der Waals surface area contributed by atoms with Gasteiger partial charge in [-0.15, -0.1) is 0 Å². The summed E-state index contributed by atoms with van der Waals surface area (Å²) >= 11 is 1.82. The molecule has 0 radical (unpaired) electrons. The molecule has 0 N–H and O–H groups in total. The van der Waals surface area contributed by atoms with Gasteiger partial charge in [0.2, 0.25) is 0 Å². The molecule has 0 saturated heterocycles. The molecule has 5 aromatic carbocycles. The van der Waals surface area contributed by atoms with Gasteiger partial charge < -0.3 is 0 Å². The fraction of sp³-hybridized carbons (Fsp3) is 0.135. The third-order valence-corrected chi connectivity index (χ3v) is 7.86. The number of rotatable bonds is 5. The van der Waals surface area contributed by atoms with E-state index >= 15 is 0 Å². The van der Waals surface area contributed by atoms with Gasteiger partial charge in [-0.3, -0.25) is 0 Å². The van der Waals surface area contributed by atoms with E-state index < -0.39 is 0 Å². The maximum atomic E-state index is 7.75. The molecular formula is C37H32ClO2Ru+2. The molecule has 0 spiro atoms. The molecule has 0 aromatic heterocycles. The van der Waals surface area contributed by atoms with Gasteiger partial charge in [0.1, 0.15) is 0 Å². The minimum atomic E-state index is 0.358. The summed E-state index contributed by atoms with van der Waals surface area (Å²) < 4.78 is 15.5. The Morgan fingerprint density at radius 1 is 0.317 bits per heavy atom. The second-order valence-corrected chi connectivity index (χ2v) is 9.68. The van der Waals surface area contributed by atoms with E-state index in [0.717, 1.165) is 0 Å². The van der Waals surface area contributed by atoms with Crippen molar-refractivity contribution in [1.29, 1.82) is 0 Å². The quantitative estimate of drug-likeness (QED) is 0.135. The molecule has 0 atom stereocenters. The summed E-state index contributed by atoms with van der Waals surface area (Å²) in [6, 6.07) is 56.1. The van der Waals surface area contributed by atoms with Crippen LogP contribution in [-0.2, 0) is 26.6 Å². The number of benzene rings is 5. The van der Waals surface area contributed by atoms with Crippen LogP contribution in [0.2, 0.25) is 0 Å². The van der Waals surface area contributed by atoms with Crippen molar-refractivity contribution in [3.8, 4) is 13.3 Å². The van der Waals surface area contributed by atoms with Crippen LogP contribution in [-0.4, -0.2) is 0 Å². The van der Waals surface area contributed by atoms with Crippen molar-refractivity contribution in [2.75, 3.05) is 0 Å². The fourth-order valence-corrected chi connectivity index (χ4v) is 6.57. The zero-order chi connectivity index (χ0) is 29.5. The van der Waals surface area contributed by atoms with E-state index in [1.165, 1.54) is 27.8 Å². The van der Waals surface area contributed by atoms with Crippen LogP contribution in [0.3, 0.4) is 0 Å². The minimum Gasteiger partial charge on any atom is -0.0622 e. The zero-order valence-electron chi connectivity index (χ0n) is 22.5. The van der Waals surface area contributed by atoms with E-state index in [1.54, 1.807) is 0 Å². The molecule has 41 heavy (non-hydrogen) atoms. The van der Waals surface area contributed by atoms with Gasteiger partial charge in [-0.1, -0.05) is 152 Å². The van der Waals surface area contributed by atoms with Gasteiger partial charge in [-0.25, -0.2) is 0 Å². The van der Waals surface area contributed by atoms with E-state index in [-0.39, 0.29) is 0 Å². The number of hydrogen-bond acceptors (Lipinski definition) is 0. The van der Waals surface area contributed by atoms with Crippen molar-refractivity contribution in [3.63, 3.8) is 0 Å². The Morgan fingerprint density at radius 2 is 0.439 bits per heavy atom. The van der Waals surface area contributed by atoms with Gasteiger partial charge in [-0.2, -0.15) is 0 Å². The third-order valence-electron chi connectivity index (χ3n) is 7.86. The average molecular weight is 645 g/mol. The van der Waals surface area contributed by atoms with Gasteiger partial charge in [0.25, 0.3) is 0 Å². The smallest absolute Gasteiger partial charge is 0.00120 e. The van der Waals surface area contributed by atoms with Crippen LogP contribution < -0.4 is 0 Å². The summed E-state index contributed by atoms with van der Waals surface area (Å²) in [6.45, 7) is 6.50. The Hall–Kier alpha value is -3.51. The van der Waals surface area contributed by atoms with Crippen LogP contribution in [0.4, 0.5) is 0 Å². The maximum absolute atomic E-state index is 7.75. The molecule has 1 aliphatic carbocycles. The van der Waals surface area contributed by atoms with Crippen LogP contribution in [0.5, 0.6) is 0 Å². The molecule has 0 heterocycles. The molecule has 2 nitrogen and oxygen atoms in total.